The molecule has 7 nitrogen and oxygen atoms in total. The van der Waals surface area contributed by atoms with Crippen molar-refractivity contribution < 1.29 is 14.7 Å². The van der Waals surface area contributed by atoms with Gasteiger partial charge in [0.15, 0.2) is 0 Å². The molecule has 1 fully saturated rings. The molecule has 0 spiro atoms. The fourth-order valence-corrected chi connectivity index (χ4v) is 2.28. The Kier molecular flexibility index (Phi) is 4.60. The summed E-state index contributed by atoms with van der Waals surface area (Å²) in [5.74, 6) is -0.553. The van der Waals surface area contributed by atoms with E-state index in [1.165, 1.54) is 12.7 Å². The highest BCUT2D eigenvalue weighted by Crippen LogP contribution is 2.29. The topological polar surface area (TPSA) is 107 Å². The zero-order valence-corrected chi connectivity index (χ0v) is 11.4. The predicted molar refractivity (Wildman–Crippen MR) is 72.2 cm³/mol. The third-order valence-corrected chi connectivity index (χ3v) is 3.80. The normalized spacial score (nSPS) is 17.9. The quantitative estimate of drug-likeness (QED) is 0.620. The fraction of sp³-hybridized carbons (Fsp3) is 0.615. The third kappa shape index (κ3) is 3.72. The van der Waals surface area contributed by atoms with Gasteiger partial charge in [-0.25, -0.2) is 14.6 Å². The predicted octanol–water partition coefficient (Wildman–Crippen LogP) is 0.893. The van der Waals surface area contributed by atoms with Crippen molar-refractivity contribution in [2.45, 2.75) is 44.7 Å². The largest absolute Gasteiger partial charge is 0.480 e. The Bertz CT molecular complexity index is 456. The number of aromatic amines is 1. The zero-order chi connectivity index (χ0) is 14.5. The van der Waals surface area contributed by atoms with Crippen molar-refractivity contribution in [1.29, 1.82) is 0 Å². The number of hydrogen-bond donors (Lipinski definition) is 4. The summed E-state index contributed by atoms with van der Waals surface area (Å²) in [7, 11) is 0. The summed E-state index contributed by atoms with van der Waals surface area (Å²) in [5, 5.41) is 14.4. The summed E-state index contributed by atoms with van der Waals surface area (Å²) in [6.45, 7) is 1.95. The van der Waals surface area contributed by atoms with Crippen molar-refractivity contribution in [2.24, 2.45) is 5.92 Å². The molecule has 1 unspecified atom stereocenters. The summed E-state index contributed by atoms with van der Waals surface area (Å²) >= 11 is 0. The number of carbonyl (C=O) groups is 2. The average Bonchev–Trinajstić information content (AvgIpc) is 2.77. The average molecular weight is 280 g/mol. The lowest BCUT2D eigenvalue weighted by atomic mass is 9.80. The number of aliphatic carboxylic acids is 1. The minimum atomic E-state index is -1.06. The number of urea groups is 1. The number of carboxylic acid groups (broad SMARTS) is 1. The highest BCUT2D eigenvalue weighted by atomic mass is 16.4. The number of imidazole rings is 1. The number of carbonyl (C=O) groups excluding carboxylic acids is 1. The molecule has 1 aromatic rings. The van der Waals surface area contributed by atoms with Gasteiger partial charge in [-0.2, -0.15) is 0 Å². The van der Waals surface area contributed by atoms with Gasteiger partial charge in [-0.05, 0) is 25.7 Å². The van der Waals surface area contributed by atoms with Crippen LogP contribution in [0.1, 0.15) is 31.9 Å². The maximum Gasteiger partial charge on any atom is 0.326 e. The number of aromatic nitrogens is 2. The lowest BCUT2D eigenvalue weighted by molar-refractivity contribution is -0.139. The van der Waals surface area contributed by atoms with E-state index < -0.39 is 18.0 Å². The molecule has 1 saturated carbocycles. The molecule has 0 aromatic carbocycles. The van der Waals surface area contributed by atoms with Crippen LogP contribution in [0.3, 0.4) is 0 Å². The first-order valence-electron chi connectivity index (χ1n) is 6.83. The van der Waals surface area contributed by atoms with Crippen molar-refractivity contribution in [3.8, 4) is 0 Å². The van der Waals surface area contributed by atoms with Gasteiger partial charge >= 0.3 is 12.0 Å². The fourth-order valence-electron chi connectivity index (χ4n) is 2.28. The van der Waals surface area contributed by atoms with Crippen LogP contribution < -0.4 is 10.6 Å². The second kappa shape index (κ2) is 6.40. The van der Waals surface area contributed by atoms with Gasteiger partial charge in [0.1, 0.15) is 6.04 Å². The van der Waals surface area contributed by atoms with Crippen LogP contribution in [0.2, 0.25) is 0 Å². The molecule has 4 N–H and O–H groups in total. The van der Waals surface area contributed by atoms with Crippen molar-refractivity contribution in [3.63, 3.8) is 0 Å². The zero-order valence-electron chi connectivity index (χ0n) is 11.4. The monoisotopic (exact) mass is 280 g/mol. The molecular weight excluding hydrogens is 260 g/mol. The smallest absolute Gasteiger partial charge is 0.326 e. The van der Waals surface area contributed by atoms with E-state index in [1.54, 1.807) is 6.20 Å². The van der Waals surface area contributed by atoms with Crippen molar-refractivity contribution in [1.82, 2.24) is 20.6 Å². The Morgan fingerprint density at radius 3 is 2.75 bits per heavy atom. The summed E-state index contributed by atoms with van der Waals surface area (Å²) in [5.41, 5.74) is 0.671. The first-order valence-corrected chi connectivity index (χ1v) is 6.83. The van der Waals surface area contributed by atoms with Gasteiger partial charge in [0.05, 0.1) is 6.33 Å². The summed E-state index contributed by atoms with van der Waals surface area (Å²) in [6.07, 6.45) is 6.66. The lowest BCUT2D eigenvalue weighted by Crippen LogP contribution is -2.51. The molecule has 2 rings (SSSR count). The van der Waals surface area contributed by atoms with Gasteiger partial charge in [0.2, 0.25) is 0 Å². The summed E-state index contributed by atoms with van der Waals surface area (Å²) in [6, 6.07) is -1.33. The molecule has 1 aliphatic carbocycles. The van der Waals surface area contributed by atoms with E-state index in [-0.39, 0.29) is 12.5 Å². The van der Waals surface area contributed by atoms with Crippen LogP contribution in [0.15, 0.2) is 12.5 Å². The van der Waals surface area contributed by atoms with E-state index >= 15 is 0 Å². The standard InChI is InChI=1S/C13H20N4O3/c1-8(9-3-2-4-9)16-13(20)17-11(12(18)19)5-10-6-14-7-15-10/h6-9,11H,2-5H2,1H3,(H,14,15)(H,18,19)(H2,16,17,20)/t8?,11-/m0/s1. The van der Waals surface area contributed by atoms with E-state index in [0.29, 0.717) is 11.6 Å². The second-order valence-corrected chi connectivity index (χ2v) is 5.27. The molecule has 1 aromatic heterocycles. The van der Waals surface area contributed by atoms with Crippen molar-refractivity contribution >= 4 is 12.0 Å². The first kappa shape index (κ1) is 14.4. The molecule has 0 bridgehead atoms. The molecule has 20 heavy (non-hydrogen) atoms. The van der Waals surface area contributed by atoms with E-state index in [2.05, 4.69) is 20.6 Å². The van der Waals surface area contributed by atoms with Crippen LogP contribution in [0.4, 0.5) is 4.79 Å². The van der Waals surface area contributed by atoms with Gasteiger partial charge in [0.25, 0.3) is 0 Å². The number of nitrogens with one attached hydrogen (secondary N) is 3. The number of rotatable bonds is 6. The molecule has 7 heteroatoms. The van der Waals surface area contributed by atoms with Gasteiger partial charge in [0, 0.05) is 24.4 Å². The SMILES string of the molecule is CC(NC(=O)N[C@@H](Cc1cnc[nH]1)C(=O)O)C1CCC1. The number of amides is 2. The third-order valence-electron chi connectivity index (χ3n) is 3.80. The number of H-pyrrole nitrogens is 1. The van der Waals surface area contributed by atoms with Crippen LogP contribution in [0, 0.1) is 5.92 Å². The van der Waals surface area contributed by atoms with E-state index in [0.717, 1.165) is 12.8 Å². The number of nitrogens with zero attached hydrogens (tertiary/aromatic N) is 1. The minimum Gasteiger partial charge on any atom is -0.480 e. The summed E-state index contributed by atoms with van der Waals surface area (Å²) < 4.78 is 0. The molecule has 1 heterocycles. The minimum absolute atomic E-state index is 0.0744. The molecule has 0 radical (unpaired) electrons. The second-order valence-electron chi connectivity index (χ2n) is 5.27. The van der Waals surface area contributed by atoms with Gasteiger partial charge in [-0.3, -0.25) is 0 Å². The molecule has 0 saturated heterocycles. The highest BCUT2D eigenvalue weighted by molar-refractivity contribution is 5.82. The Morgan fingerprint density at radius 1 is 1.50 bits per heavy atom. The summed E-state index contributed by atoms with van der Waals surface area (Å²) in [4.78, 5) is 29.7. The molecule has 0 aliphatic heterocycles. The van der Waals surface area contributed by atoms with Gasteiger partial charge in [-0.15, -0.1) is 0 Å². The van der Waals surface area contributed by atoms with Crippen molar-refractivity contribution in [3.05, 3.63) is 18.2 Å². The van der Waals surface area contributed by atoms with Crippen LogP contribution in [-0.2, 0) is 11.2 Å². The molecule has 1 aliphatic rings. The van der Waals surface area contributed by atoms with Gasteiger partial charge < -0.3 is 20.7 Å². The van der Waals surface area contributed by atoms with E-state index in [1.807, 2.05) is 6.92 Å². The van der Waals surface area contributed by atoms with Crippen LogP contribution >= 0.6 is 0 Å². The van der Waals surface area contributed by atoms with Crippen LogP contribution in [-0.4, -0.2) is 39.2 Å². The Labute approximate surface area is 117 Å². The molecule has 2 amide bonds. The lowest BCUT2D eigenvalue weighted by Gasteiger charge is -2.32. The Hall–Kier alpha value is -2.05. The molecule has 2 atom stereocenters. The van der Waals surface area contributed by atoms with Crippen LogP contribution in [0.25, 0.3) is 0 Å². The maximum atomic E-state index is 11.8. The molecular formula is C13H20N4O3. The molecule has 110 valence electrons. The van der Waals surface area contributed by atoms with Crippen molar-refractivity contribution in [2.75, 3.05) is 0 Å². The Morgan fingerprint density at radius 2 is 2.25 bits per heavy atom. The highest BCUT2D eigenvalue weighted by Gasteiger charge is 2.27. The first-order chi connectivity index (χ1) is 9.56. The Balaban J connectivity index is 1.83. The maximum absolute atomic E-state index is 11.8. The van der Waals surface area contributed by atoms with E-state index in [4.69, 9.17) is 5.11 Å². The van der Waals surface area contributed by atoms with E-state index in [9.17, 15) is 9.59 Å². The number of hydrogen-bond acceptors (Lipinski definition) is 3. The van der Waals surface area contributed by atoms with Gasteiger partial charge in [-0.1, -0.05) is 6.42 Å². The van der Waals surface area contributed by atoms with Crippen LogP contribution in [0.5, 0.6) is 0 Å². The number of carboxylic acids is 1.